The number of amides is 1. The summed E-state index contributed by atoms with van der Waals surface area (Å²) >= 11 is 0. The van der Waals surface area contributed by atoms with Gasteiger partial charge >= 0.3 is 6.01 Å². The van der Waals surface area contributed by atoms with Crippen molar-refractivity contribution in [3.8, 4) is 0 Å². The lowest BCUT2D eigenvalue weighted by molar-refractivity contribution is -0.129. The second kappa shape index (κ2) is 7.84. The van der Waals surface area contributed by atoms with E-state index in [0.29, 0.717) is 25.0 Å². The Balaban J connectivity index is 2.64. The molecule has 0 fully saturated rings. The van der Waals surface area contributed by atoms with Crippen LogP contribution in [-0.2, 0) is 4.79 Å². The van der Waals surface area contributed by atoms with E-state index in [9.17, 15) is 4.79 Å². The Hall–Kier alpha value is -1.63. The number of nitrogens with zero attached hydrogens (tertiary/aromatic N) is 4. The van der Waals surface area contributed by atoms with E-state index in [2.05, 4.69) is 15.5 Å². The number of aromatic nitrogens is 2. The van der Waals surface area contributed by atoms with Gasteiger partial charge in [0.25, 0.3) is 0 Å². The Morgan fingerprint density at radius 2 is 1.95 bits per heavy atom. The topological polar surface area (TPSA) is 74.5 Å². The number of carbonyl (C=O) groups excluding carboxylic acids is 1. The Bertz CT molecular complexity index is 417. The Morgan fingerprint density at radius 1 is 1.30 bits per heavy atom. The molecule has 0 saturated heterocycles. The van der Waals surface area contributed by atoms with E-state index in [4.69, 9.17) is 4.42 Å². The van der Waals surface area contributed by atoms with Gasteiger partial charge in [-0.2, -0.15) is 0 Å². The number of anilines is 1. The second-order valence-corrected chi connectivity index (χ2v) is 4.62. The molecule has 0 saturated carbocycles. The molecule has 1 N–H and O–H groups in total. The first-order valence-electron chi connectivity index (χ1n) is 7.09. The molecule has 0 aliphatic carbocycles. The van der Waals surface area contributed by atoms with Gasteiger partial charge in [-0.05, 0) is 27.3 Å². The predicted molar refractivity (Wildman–Crippen MR) is 77.6 cm³/mol. The third kappa shape index (κ3) is 4.19. The minimum atomic E-state index is 0.00753. The second-order valence-electron chi connectivity index (χ2n) is 4.62. The molecule has 1 rings (SSSR count). The smallest absolute Gasteiger partial charge is 0.318 e. The molecule has 114 valence electrons. The zero-order chi connectivity index (χ0) is 15.1. The highest BCUT2D eigenvalue weighted by Gasteiger charge is 2.18. The number of hydrogen-bond donors (Lipinski definition) is 1. The molecule has 1 aromatic heterocycles. The van der Waals surface area contributed by atoms with Crippen LogP contribution in [0.25, 0.3) is 0 Å². The summed E-state index contributed by atoms with van der Waals surface area (Å²) in [5, 5.41) is 11.2. The van der Waals surface area contributed by atoms with Crippen LogP contribution in [0.2, 0.25) is 0 Å². The van der Waals surface area contributed by atoms with E-state index >= 15 is 0 Å². The summed E-state index contributed by atoms with van der Waals surface area (Å²) in [6.45, 7) is 10.4. The fourth-order valence-electron chi connectivity index (χ4n) is 1.90. The van der Waals surface area contributed by atoms with Crippen molar-refractivity contribution in [2.45, 2.75) is 33.7 Å². The molecule has 0 aliphatic heterocycles. The highest BCUT2D eigenvalue weighted by atomic mass is 16.4. The lowest BCUT2D eigenvalue weighted by atomic mass is 10.3. The summed E-state index contributed by atoms with van der Waals surface area (Å²) in [6, 6.07) is 0.374. The molecule has 0 bridgehead atoms. The van der Waals surface area contributed by atoms with E-state index in [-0.39, 0.29) is 18.5 Å². The first-order valence-corrected chi connectivity index (χ1v) is 7.09. The van der Waals surface area contributed by atoms with Crippen molar-refractivity contribution in [3.63, 3.8) is 0 Å². The lowest BCUT2D eigenvalue weighted by Gasteiger charge is -2.21. The number of hydrogen-bond acceptors (Lipinski definition) is 6. The number of rotatable bonds is 8. The molecule has 7 nitrogen and oxygen atoms in total. The predicted octanol–water partition coefficient (Wildman–Crippen LogP) is 1.04. The summed E-state index contributed by atoms with van der Waals surface area (Å²) in [5.41, 5.74) is 0. The van der Waals surface area contributed by atoms with E-state index in [1.807, 2.05) is 27.7 Å². The zero-order valence-electron chi connectivity index (χ0n) is 13.0. The van der Waals surface area contributed by atoms with E-state index < -0.39 is 0 Å². The van der Waals surface area contributed by atoms with Crippen molar-refractivity contribution < 1.29 is 9.21 Å². The molecule has 0 aromatic carbocycles. The van der Waals surface area contributed by atoms with Gasteiger partial charge in [0.2, 0.25) is 11.8 Å². The Kier molecular flexibility index (Phi) is 6.44. The highest BCUT2D eigenvalue weighted by molar-refractivity contribution is 5.80. The molecule has 0 radical (unpaired) electrons. The molecule has 0 spiro atoms. The van der Waals surface area contributed by atoms with Gasteiger partial charge < -0.3 is 19.5 Å². The van der Waals surface area contributed by atoms with Crippen LogP contribution in [0, 0.1) is 0 Å². The minimum Gasteiger partial charge on any atom is -0.406 e. The van der Waals surface area contributed by atoms with Crippen LogP contribution in [0.15, 0.2) is 4.42 Å². The van der Waals surface area contributed by atoms with E-state index in [0.717, 1.165) is 6.54 Å². The fraction of sp³-hybridized carbons (Fsp3) is 0.769. The molecular weight excluding hydrogens is 258 g/mol. The Labute approximate surface area is 120 Å². The normalized spacial score (nSPS) is 12.2. The van der Waals surface area contributed by atoms with Crippen LogP contribution in [0.5, 0.6) is 0 Å². The minimum absolute atomic E-state index is 0.00753. The largest absolute Gasteiger partial charge is 0.406 e. The number of carbonyl (C=O) groups is 1. The van der Waals surface area contributed by atoms with Crippen LogP contribution < -0.4 is 10.2 Å². The van der Waals surface area contributed by atoms with Crippen molar-refractivity contribution in [3.05, 3.63) is 5.89 Å². The zero-order valence-corrected chi connectivity index (χ0v) is 13.0. The van der Waals surface area contributed by atoms with E-state index in [1.54, 1.807) is 16.8 Å². The van der Waals surface area contributed by atoms with Crippen molar-refractivity contribution in [2.24, 2.45) is 0 Å². The molecule has 7 heteroatoms. The van der Waals surface area contributed by atoms with Gasteiger partial charge in [-0.1, -0.05) is 12.0 Å². The van der Waals surface area contributed by atoms with Crippen LogP contribution in [-0.4, -0.2) is 54.2 Å². The van der Waals surface area contributed by atoms with Crippen molar-refractivity contribution in [2.75, 3.05) is 38.1 Å². The van der Waals surface area contributed by atoms with Crippen LogP contribution in [0.3, 0.4) is 0 Å². The third-order valence-electron chi connectivity index (χ3n) is 3.13. The molecule has 20 heavy (non-hydrogen) atoms. The first kappa shape index (κ1) is 16.4. The maximum absolute atomic E-state index is 12.0. The van der Waals surface area contributed by atoms with Crippen molar-refractivity contribution in [1.82, 2.24) is 20.4 Å². The molecule has 1 aromatic rings. The van der Waals surface area contributed by atoms with Crippen molar-refractivity contribution in [1.29, 1.82) is 0 Å². The molecule has 0 aliphatic rings. The van der Waals surface area contributed by atoms with Gasteiger partial charge in [0.1, 0.15) is 6.54 Å². The molecule has 1 heterocycles. The summed E-state index contributed by atoms with van der Waals surface area (Å²) in [6.07, 6.45) is 0. The summed E-state index contributed by atoms with van der Waals surface area (Å²) in [7, 11) is 1.77. The third-order valence-corrected chi connectivity index (χ3v) is 3.13. The average Bonchev–Trinajstić information content (AvgIpc) is 2.90. The van der Waals surface area contributed by atoms with E-state index in [1.165, 1.54) is 0 Å². The summed E-state index contributed by atoms with van der Waals surface area (Å²) in [5.74, 6) is 0.584. The van der Waals surface area contributed by atoms with Crippen LogP contribution in [0.4, 0.5) is 6.01 Å². The van der Waals surface area contributed by atoms with Crippen LogP contribution >= 0.6 is 0 Å². The summed E-state index contributed by atoms with van der Waals surface area (Å²) in [4.78, 5) is 15.5. The summed E-state index contributed by atoms with van der Waals surface area (Å²) < 4.78 is 5.58. The average molecular weight is 283 g/mol. The molecule has 1 atom stereocenters. The molecule has 1 unspecified atom stereocenters. The van der Waals surface area contributed by atoms with Gasteiger partial charge in [0.15, 0.2) is 0 Å². The maximum Gasteiger partial charge on any atom is 0.318 e. The lowest BCUT2D eigenvalue weighted by Crippen LogP contribution is -2.38. The maximum atomic E-state index is 12.0. The number of likely N-dealkylation sites (N-methyl/N-ethyl adjacent to an activating group) is 2. The monoisotopic (exact) mass is 283 g/mol. The van der Waals surface area contributed by atoms with Gasteiger partial charge in [-0.15, -0.1) is 5.10 Å². The SMILES string of the molecule is CCNC(C)c1nnc(N(C)CC(=O)N(CC)CC)o1. The van der Waals surface area contributed by atoms with Gasteiger partial charge in [-0.25, -0.2) is 0 Å². The van der Waals surface area contributed by atoms with Gasteiger partial charge in [0, 0.05) is 20.1 Å². The number of nitrogens with one attached hydrogen (secondary N) is 1. The standard InChI is InChI=1S/C13H25N5O2/c1-6-14-10(4)12-15-16-13(20-12)17(5)9-11(19)18(7-2)8-3/h10,14H,6-9H2,1-5H3. The van der Waals surface area contributed by atoms with Gasteiger partial charge in [0.05, 0.1) is 6.04 Å². The first-order chi connectivity index (χ1) is 9.53. The molecule has 1 amide bonds. The quantitative estimate of drug-likeness (QED) is 0.768. The van der Waals surface area contributed by atoms with Gasteiger partial charge in [-0.3, -0.25) is 4.79 Å². The highest BCUT2D eigenvalue weighted by Crippen LogP contribution is 2.16. The Morgan fingerprint density at radius 3 is 2.50 bits per heavy atom. The molecular formula is C13H25N5O2. The van der Waals surface area contributed by atoms with Crippen LogP contribution in [0.1, 0.15) is 39.6 Å². The fourth-order valence-corrected chi connectivity index (χ4v) is 1.90. The van der Waals surface area contributed by atoms with Crippen molar-refractivity contribution >= 4 is 11.9 Å².